The smallest absolute Gasteiger partial charge is 0.232 e. The summed E-state index contributed by atoms with van der Waals surface area (Å²) in [6.45, 7) is 1.90. The molecule has 1 atom stereocenters. The molecule has 0 fully saturated rings. The van der Waals surface area contributed by atoms with E-state index in [0.29, 0.717) is 6.42 Å². The van der Waals surface area contributed by atoms with Gasteiger partial charge in [-0.3, -0.25) is 4.79 Å². The largest absolute Gasteiger partial charge is 0.394 e. The molecular formula is C18H21NO2. The number of benzene rings is 2. The van der Waals surface area contributed by atoms with E-state index in [1.165, 1.54) is 0 Å². The summed E-state index contributed by atoms with van der Waals surface area (Å²) in [4.78, 5) is 12.7. The number of hydrogen-bond acceptors (Lipinski definition) is 2. The van der Waals surface area contributed by atoms with Gasteiger partial charge < -0.3 is 10.4 Å². The van der Waals surface area contributed by atoms with Crippen LogP contribution in [0.4, 0.5) is 0 Å². The van der Waals surface area contributed by atoms with Crippen molar-refractivity contribution in [1.29, 1.82) is 0 Å². The molecule has 0 saturated heterocycles. The molecule has 3 nitrogen and oxygen atoms in total. The van der Waals surface area contributed by atoms with Gasteiger partial charge >= 0.3 is 0 Å². The highest BCUT2D eigenvalue weighted by Crippen LogP contribution is 2.24. The summed E-state index contributed by atoms with van der Waals surface area (Å²) in [7, 11) is 0. The summed E-state index contributed by atoms with van der Waals surface area (Å²) in [5.74, 6) is -0.429. The van der Waals surface area contributed by atoms with Gasteiger partial charge in [-0.1, -0.05) is 67.6 Å². The van der Waals surface area contributed by atoms with Gasteiger partial charge in [-0.2, -0.15) is 0 Å². The minimum atomic E-state index is -0.354. The maximum absolute atomic E-state index is 12.7. The molecule has 110 valence electrons. The van der Waals surface area contributed by atoms with Crippen molar-refractivity contribution < 1.29 is 9.90 Å². The van der Waals surface area contributed by atoms with Gasteiger partial charge in [0.25, 0.3) is 0 Å². The maximum atomic E-state index is 12.7. The first-order valence-electron chi connectivity index (χ1n) is 7.27. The molecule has 0 radical (unpaired) electrons. The molecule has 0 aliphatic heterocycles. The third-order valence-electron chi connectivity index (χ3n) is 3.59. The Balaban J connectivity index is 2.31. The molecule has 0 spiro atoms. The Kier molecular flexibility index (Phi) is 5.52. The van der Waals surface area contributed by atoms with E-state index in [4.69, 9.17) is 0 Å². The first kappa shape index (κ1) is 15.3. The SMILES string of the molecule is CC[C@@H](CO)NC(=O)C(c1ccccc1)c1ccccc1. The number of amides is 1. The lowest BCUT2D eigenvalue weighted by molar-refractivity contribution is -0.122. The summed E-state index contributed by atoms with van der Waals surface area (Å²) in [5, 5.41) is 12.2. The Morgan fingerprint density at radius 3 is 1.86 bits per heavy atom. The molecule has 0 aliphatic rings. The zero-order valence-electron chi connectivity index (χ0n) is 12.2. The van der Waals surface area contributed by atoms with Crippen LogP contribution in [0, 0.1) is 0 Å². The van der Waals surface area contributed by atoms with Crippen molar-refractivity contribution in [3.05, 3.63) is 71.8 Å². The molecule has 0 bridgehead atoms. The lowest BCUT2D eigenvalue weighted by Crippen LogP contribution is -2.40. The van der Waals surface area contributed by atoms with Gasteiger partial charge in [0.15, 0.2) is 0 Å². The molecule has 0 unspecified atom stereocenters. The quantitative estimate of drug-likeness (QED) is 0.856. The summed E-state index contributed by atoms with van der Waals surface area (Å²) in [5.41, 5.74) is 1.91. The Morgan fingerprint density at radius 2 is 1.48 bits per heavy atom. The first-order valence-corrected chi connectivity index (χ1v) is 7.27. The van der Waals surface area contributed by atoms with Gasteiger partial charge in [-0.25, -0.2) is 0 Å². The van der Waals surface area contributed by atoms with E-state index in [1.807, 2.05) is 67.6 Å². The topological polar surface area (TPSA) is 49.3 Å². The fourth-order valence-electron chi connectivity index (χ4n) is 2.35. The van der Waals surface area contributed by atoms with Crippen molar-refractivity contribution in [2.24, 2.45) is 0 Å². The average molecular weight is 283 g/mol. The van der Waals surface area contributed by atoms with Crippen LogP contribution in [0.2, 0.25) is 0 Å². The van der Waals surface area contributed by atoms with Gasteiger partial charge in [0, 0.05) is 0 Å². The second-order valence-corrected chi connectivity index (χ2v) is 5.05. The molecule has 2 aromatic rings. The van der Waals surface area contributed by atoms with E-state index in [0.717, 1.165) is 11.1 Å². The van der Waals surface area contributed by atoms with Gasteiger partial charge in [-0.05, 0) is 17.5 Å². The normalized spacial score (nSPS) is 12.1. The van der Waals surface area contributed by atoms with Crippen LogP contribution in [-0.4, -0.2) is 23.7 Å². The van der Waals surface area contributed by atoms with Crippen molar-refractivity contribution >= 4 is 5.91 Å². The third kappa shape index (κ3) is 3.92. The Bertz CT molecular complexity index is 510. The van der Waals surface area contributed by atoms with Crippen LogP contribution in [0.25, 0.3) is 0 Å². The second kappa shape index (κ2) is 7.60. The highest BCUT2D eigenvalue weighted by molar-refractivity contribution is 5.87. The average Bonchev–Trinajstić information content (AvgIpc) is 2.55. The van der Waals surface area contributed by atoms with Crippen LogP contribution in [0.3, 0.4) is 0 Å². The highest BCUT2D eigenvalue weighted by atomic mass is 16.3. The van der Waals surface area contributed by atoms with Crippen LogP contribution >= 0.6 is 0 Å². The van der Waals surface area contributed by atoms with Crippen molar-refractivity contribution in [3.63, 3.8) is 0 Å². The zero-order valence-corrected chi connectivity index (χ0v) is 12.2. The minimum Gasteiger partial charge on any atom is -0.394 e. The molecule has 3 heteroatoms. The Morgan fingerprint density at radius 1 is 1.00 bits per heavy atom. The molecule has 2 rings (SSSR count). The second-order valence-electron chi connectivity index (χ2n) is 5.05. The molecule has 2 aromatic carbocycles. The van der Waals surface area contributed by atoms with Crippen LogP contribution in [-0.2, 0) is 4.79 Å². The molecule has 1 amide bonds. The fourth-order valence-corrected chi connectivity index (χ4v) is 2.35. The summed E-state index contributed by atoms with van der Waals surface area (Å²) in [6.07, 6.45) is 0.707. The van der Waals surface area contributed by atoms with Crippen molar-refractivity contribution in [2.75, 3.05) is 6.61 Å². The molecule has 0 heterocycles. The number of nitrogens with one attached hydrogen (secondary N) is 1. The fraction of sp³-hybridized carbons (Fsp3) is 0.278. The number of aliphatic hydroxyl groups excluding tert-OH is 1. The van der Waals surface area contributed by atoms with E-state index < -0.39 is 0 Å². The third-order valence-corrected chi connectivity index (χ3v) is 3.59. The lowest BCUT2D eigenvalue weighted by Gasteiger charge is -2.21. The van der Waals surface area contributed by atoms with Gasteiger partial charge in [0.05, 0.1) is 18.6 Å². The van der Waals surface area contributed by atoms with Crippen LogP contribution < -0.4 is 5.32 Å². The first-order chi connectivity index (χ1) is 10.3. The van der Waals surface area contributed by atoms with E-state index >= 15 is 0 Å². The number of hydrogen-bond donors (Lipinski definition) is 2. The van der Waals surface area contributed by atoms with Crippen LogP contribution in [0.1, 0.15) is 30.4 Å². The van der Waals surface area contributed by atoms with Crippen molar-refractivity contribution in [1.82, 2.24) is 5.32 Å². The molecule has 0 aliphatic carbocycles. The standard InChI is InChI=1S/C18H21NO2/c1-2-16(13-20)19-18(21)17(14-9-5-3-6-10-14)15-11-7-4-8-12-15/h3-12,16-17,20H,2,13H2,1H3,(H,19,21)/t16-/m0/s1. The number of carbonyl (C=O) groups excluding carboxylic acids is 1. The number of aliphatic hydroxyl groups is 1. The maximum Gasteiger partial charge on any atom is 0.232 e. The predicted molar refractivity (Wildman–Crippen MR) is 84.0 cm³/mol. The van der Waals surface area contributed by atoms with Crippen molar-refractivity contribution in [2.45, 2.75) is 25.3 Å². The van der Waals surface area contributed by atoms with E-state index in [-0.39, 0.29) is 24.5 Å². The zero-order chi connectivity index (χ0) is 15.1. The van der Waals surface area contributed by atoms with Gasteiger partial charge in [0.1, 0.15) is 0 Å². The lowest BCUT2D eigenvalue weighted by atomic mass is 9.90. The van der Waals surface area contributed by atoms with E-state index in [1.54, 1.807) is 0 Å². The minimum absolute atomic E-state index is 0.0431. The predicted octanol–water partition coefficient (Wildman–Crippen LogP) is 2.71. The van der Waals surface area contributed by atoms with E-state index in [2.05, 4.69) is 5.32 Å². The molecule has 21 heavy (non-hydrogen) atoms. The molecule has 0 aromatic heterocycles. The summed E-state index contributed by atoms with van der Waals surface area (Å²) < 4.78 is 0. The van der Waals surface area contributed by atoms with Gasteiger partial charge in [-0.15, -0.1) is 0 Å². The van der Waals surface area contributed by atoms with Crippen LogP contribution in [0.5, 0.6) is 0 Å². The Labute approximate surface area is 125 Å². The molecular weight excluding hydrogens is 262 g/mol. The number of rotatable bonds is 6. The van der Waals surface area contributed by atoms with Gasteiger partial charge in [0.2, 0.25) is 5.91 Å². The Hall–Kier alpha value is -2.13. The number of carbonyl (C=O) groups is 1. The van der Waals surface area contributed by atoms with Crippen LogP contribution in [0.15, 0.2) is 60.7 Å². The molecule has 0 saturated carbocycles. The highest BCUT2D eigenvalue weighted by Gasteiger charge is 2.23. The summed E-state index contributed by atoms with van der Waals surface area (Å²) >= 11 is 0. The summed E-state index contributed by atoms with van der Waals surface area (Å²) in [6, 6.07) is 19.2. The van der Waals surface area contributed by atoms with Crippen molar-refractivity contribution in [3.8, 4) is 0 Å². The van der Waals surface area contributed by atoms with E-state index in [9.17, 15) is 9.90 Å². The molecule has 2 N–H and O–H groups in total. The monoisotopic (exact) mass is 283 g/mol.